The number of benzene rings is 2. The average Bonchev–Trinajstić information content (AvgIpc) is 2.68. The van der Waals surface area contributed by atoms with Gasteiger partial charge in [0.15, 0.2) is 0 Å². The summed E-state index contributed by atoms with van der Waals surface area (Å²) in [6, 6.07) is 10.6. The molecule has 0 aliphatic heterocycles. The highest BCUT2D eigenvalue weighted by Gasteiger charge is 2.19. The smallest absolute Gasteiger partial charge is 0.305 e. The predicted octanol–water partition coefficient (Wildman–Crippen LogP) is 3.58. The maximum absolute atomic E-state index is 11.5. The molecule has 1 N–H and O–H groups in total. The number of methoxy groups -OCH3 is 1. The topological polar surface area (TPSA) is 137 Å². The molecular weight excluding hydrogens is 368 g/mol. The first-order valence-corrected chi connectivity index (χ1v) is 8.21. The van der Waals surface area contributed by atoms with Gasteiger partial charge in [0, 0.05) is 12.5 Å². The zero-order valence-corrected chi connectivity index (χ0v) is 15.2. The van der Waals surface area contributed by atoms with E-state index in [-0.39, 0.29) is 18.5 Å². The molecule has 0 atom stereocenters. The molecule has 2 aromatic rings. The maximum atomic E-state index is 11.5. The summed E-state index contributed by atoms with van der Waals surface area (Å²) in [5, 5.41) is 26.3. The van der Waals surface area contributed by atoms with Crippen LogP contribution in [0.15, 0.2) is 47.6 Å². The van der Waals surface area contributed by atoms with Gasteiger partial charge >= 0.3 is 11.7 Å². The first-order valence-electron chi connectivity index (χ1n) is 8.21. The Morgan fingerprint density at radius 2 is 1.75 bits per heavy atom. The number of nitrogens with zero attached hydrogens (tertiary/aromatic N) is 3. The molecule has 0 aliphatic rings. The van der Waals surface area contributed by atoms with Crippen LogP contribution in [-0.4, -0.2) is 28.6 Å². The van der Waals surface area contributed by atoms with E-state index in [1.54, 1.807) is 0 Å². The first-order chi connectivity index (χ1) is 13.3. The molecule has 0 spiro atoms. The Morgan fingerprint density at radius 1 is 1.07 bits per heavy atom. The summed E-state index contributed by atoms with van der Waals surface area (Å²) in [6.45, 7) is 1.92. The Balaban J connectivity index is 2.35. The lowest BCUT2D eigenvalue weighted by molar-refractivity contribution is -0.393. The van der Waals surface area contributed by atoms with Crippen molar-refractivity contribution in [2.24, 2.45) is 5.10 Å². The fourth-order valence-electron chi connectivity index (χ4n) is 2.34. The minimum Gasteiger partial charge on any atom is -0.469 e. The van der Waals surface area contributed by atoms with E-state index >= 15 is 0 Å². The van der Waals surface area contributed by atoms with Crippen molar-refractivity contribution < 1.29 is 19.4 Å². The molecule has 0 saturated carbocycles. The summed E-state index contributed by atoms with van der Waals surface area (Å²) in [6.07, 6.45) is 0.316. The number of nitrogens with one attached hydrogen (secondary N) is 1. The molecule has 10 heteroatoms. The summed E-state index contributed by atoms with van der Waals surface area (Å²) in [5.41, 5.74) is 3.96. The number of esters is 1. The number of carbonyl (C=O) groups is 1. The van der Waals surface area contributed by atoms with Gasteiger partial charge in [0.1, 0.15) is 5.69 Å². The summed E-state index contributed by atoms with van der Waals surface area (Å²) in [5.74, 6) is -0.416. The normalized spacial score (nSPS) is 11.0. The molecule has 0 unspecified atom stereocenters. The van der Waals surface area contributed by atoms with Gasteiger partial charge in [0.2, 0.25) is 0 Å². The third-order valence-corrected chi connectivity index (χ3v) is 3.88. The average molecular weight is 386 g/mol. The molecule has 2 aromatic carbocycles. The van der Waals surface area contributed by atoms with Crippen LogP contribution in [0.4, 0.5) is 17.1 Å². The number of aryl methyl sites for hydroxylation is 1. The van der Waals surface area contributed by atoms with E-state index in [1.807, 2.05) is 31.2 Å². The van der Waals surface area contributed by atoms with Crippen LogP contribution in [0.2, 0.25) is 0 Å². The van der Waals surface area contributed by atoms with Crippen molar-refractivity contribution in [2.45, 2.75) is 19.8 Å². The standard InChI is InChI=1S/C18H18N4O6/c1-12-3-5-13(6-4-12)15(9-10-18(23)28-2)19-20-16-8-7-14(21(24)25)11-17(16)22(26)27/h3-8,11,20H,9-10H2,1-2H3/b19-15-. The number of carbonyl (C=O) groups excluding carboxylic acids is 1. The first kappa shape index (κ1) is 20.5. The van der Waals surface area contributed by atoms with E-state index in [9.17, 15) is 25.0 Å². The molecule has 0 heterocycles. The third kappa shape index (κ3) is 5.34. The Labute approximate surface area is 160 Å². The third-order valence-electron chi connectivity index (χ3n) is 3.88. The monoisotopic (exact) mass is 386 g/mol. The van der Waals surface area contributed by atoms with Crippen LogP contribution in [0.25, 0.3) is 0 Å². The number of anilines is 1. The van der Waals surface area contributed by atoms with Gasteiger partial charge in [-0.1, -0.05) is 29.8 Å². The second-order valence-electron chi connectivity index (χ2n) is 5.83. The number of non-ortho nitro benzene ring substituents is 1. The highest BCUT2D eigenvalue weighted by atomic mass is 16.6. The van der Waals surface area contributed by atoms with Gasteiger partial charge in [-0.25, -0.2) is 0 Å². The number of nitro benzene ring substituents is 2. The minimum atomic E-state index is -0.731. The molecule has 2 rings (SSSR count). The van der Waals surface area contributed by atoms with E-state index in [1.165, 1.54) is 13.2 Å². The molecule has 0 radical (unpaired) electrons. The van der Waals surface area contributed by atoms with Gasteiger partial charge < -0.3 is 4.74 Å². The van der Waals surface area contributed by atoms with Crippen molar-refractivity contribution in [3.63, 3.8) is 0 Å². The lowest BCUT2D eigenvalue weighted by atomic mass is 10.0. The lowest BCUT2D eigenvalue weighted by Crippen LogP contribution is -2.09. The van der Waals surface area contributed by atoms with E-state index in [2.05, 4.69) is 15.3 Å². The molecule has 10 nitrogen and oxygen atoms in total. The SMILES string of the molecule is COC(=O)CC/C(=N/Nc1ccc([N+](=O)[O-])cc1[N+](=O)[O-])c1ccc(C)cc1. The Hall–Kier alpha value is -3.82. The number of rotatable bonds is 8. The molecular formula is C18H18N4O6. The molecule has 28 heavy (non-hydrogen) atoms. The lowest BCUT2D eigenvalue weighted by Gasteiger charge is -2.09. The second-order valence-corrected chi connectivity index (χ2v) is 5.83. The van der Waals surface area contributed by atoms with Crippen LogP contribution in [-0.2, 0) is 9.53 Å². The second kappa shape index (κ2) is 9.21. The Kier molecular flexibility index (Phi) is 6.74. The van der Waals surface area contributed by atoms with Gasteiger partial charge in [-0.3, -0.25) is 30.4 Å². The zero-order valence-electron chi connectivity index (χ0n) is 15.2. The van der Waals surface area contributed by atoms with Crippen LogP contribution < -0.4 is 5.43 Å². The molecule has 0 bridgehead atoms. The van der Waals surface area contributed by atoms with E-state index < -0.39 is 27.2 Å². The van der Waals surface area contributed by atoms with Crippen LogP contribution in [0, 0.1) is 27.2 Å². The van der Waals surface area contributed by atoms with Crippen molar-refractivity contribution in [3.05, 3.63) is 73.8 Å². The Bertz CT molecular complexity index is 924. The highest BCUT2D eigenvalue weighted by molar-refractivity contribution is 6.02. The fraction of sp³-hybridized carbons (Fsp3) is 0.222. The summed E-state index contributed by atoms with van der Waals surface area (Å²) in [7, 11) is 1.28. The van der Waals surface area contributed by atoms with Gasteiger partial charge in [0.05, 0.1) is 35.2 Å². The largest absolute Gasteiger partial charge is 0.469 e. The van der Waals surface area contributed by atoms with Gasteiger partial charge in [-0.2, -0.15) is 5.10 Å². The Morgan fingerprint density at radius 3 is 2.32 bits per heavy atom. The number of hydrazone groups is 1. The quantitative estimate of drug-likeness (QED) is 0.317. The maximum Gasteiger partial charge on any atom is 0.305 e. The predicted molar refractivity (Wildman–Crippen MR) is 102 cm³/mol. The molecule has 0 fully saturated rings. The molecule has 0 aromatic heterocycles. The van der Waals surface area contributed by atoms with Crippen LogP contribution in [0.5, 0.6) is 0 Å². The number of ether oxygens (including phenoxy) is 1. The highest BCUT2D eigenvalue weighted by Crippen LogP contribution is 2.29. The summed E-state index contributed by atoms with van der Waals surface area (Å²) >= 11 is 0. The van der Waals surface area contributed by atoms with Crippen molar-refractivity contribution in [2.75, 3.05) is 12.5 Å². The van der Waals surface area contributed by atoms with Gasteiger partial charge in [0.25, 0.3) is 5.69 Å². The number of nitro groups is 2. The molecule has 0 amide bonds. The van der Waals surface area contributed by atoms with Crippen molar-refractivity contribution >= 4 is 28.7 Å². The van der Waals surface area contributed by atoms with Gasteiger partial charge in [-0.05, 0) is 18.6 Å². The molecule has 0 aliphatic carbocycles. The fourth-order valence-corrected chi connectivity index (χ4v) is 2.34. The minimum absolute atomic E-state index is 0.00159. The number of hydrogen-bond acceptors (Lipinski definition) is 8. The summed E-state index contributed by atoms with van der Waals surface area (Å²) in [4.78, 5) is 32.1. The van der Waals surface area contributed by atoms with Gasteiger partial charge in [-0.15, -0.1) is 0 Å². The van der Waals surface area contributed by atoms with Crippen LogP contribution in [0.3, 0.4) is 0 Å². The zero-order chi connectivity index (χ0) is 20.7. The van der Waals surface area contributed by atoms with Crippen LogP contribution in [0.1, 0.15) is 24.0 Å². The van der Waals surface area contributed by atoms with E-state index in [0.29, 0.717) is 5.71 Å². The van der Waals surface area contributed by atoms with Crippen molar-refractivity contribution in [1.29, 1.82) is 0 Å². The summed E-state index contributed by atoms with van der Waals surface area (Å²) < 4.78 is 4.64. The van der Waals surface area contributed by atoms with Crippen LogP contribution >= 0.6 is 0 Å². The van der Waals surface area contributed by atoms with E-state index in [4.69, 9.17) is 0 Å². The molecule has 0 saturated heterocycles. The molecule has 146 valence electrons. The number of hydrogen-bond donors (Lipinski definition) is 1. The van der Waals surface area contributed by atoms with Crippen molar-refractivity contribution in [3.8, 4) is 0 Å². The van der Waals surface area contributed by atoms with Crippen molar-refractivity contribution in [1.82, 2.24) is 0 Å². The van der Waals surface area contributed by atoms with E-state index in [0.717, 1.165) is 23.3 Å².